The number of anilines is 1. The molecule has 0 unspecified atom stereocenters. The average molecular weight is 326 g/mol. The number of carbonyl (C=O) groups is 2. The molecular formula is C19H22N2O3. The van der Waals surface area contributed by atoms with E-state index in [2.05, 4.69) is 10.6 Å². The molecule has 3 rings (SSSR count). The van der Waals surface area contributed by atoms with Gasteiger partial charge in [-0.15, -0.1) is 0 Å². The van der Waals surface area contributed by atoms with E-state index >= 15 is 0 Å². The van der Waals surface area contributed by atoms with Crippen LogP contribution >= 0.6 is 0 Å². The molecule has 1 saturated carbocycles. The largest absolute Gasteiger partial charge is 0.459 e. The Labute approximate surface area is 141 Å². The smallest absolute Gasteiger partial charge is 0.291 e. The number of amides is 2. The van der Waals surface area contributed by atoms with E-state index in [4.69, 9.17) is 4.42 Å². The van der Waals surface area contributed by atoms with Gasteiger partial charge in [-0.1, -0.05) is 25.0 Å². The van der Waals surface area contributed by atoms with E-state index in [0.717, 1.165) is 5.56 Å². The van der Waals surface area contributed by atoms with Crippen LogP contribution in [0.25, 0.3) is 0 Å². The fourth-order valence-electron chi connectivity index (χ4n) is 3.06. The summed E-state index contributed by atoms with van der Waals surface area (Å²) in [5.41, 5.74) is 1.70. The second-order valence-corrected chi connectivity index (χ2v) is 6.26. The van der Waals surface area contributed by atoms with E-state index in [9.17, 15) is 9.59 Å². The topological polar surface area (TPSA) is 71.3 Å². The zero-order valence-corrected chi connectivity index (χ0v) is 13.6. The zero-order chi connectivity index (χ0) is 16.8. The van der Waals surface area contributed by atoms with E-state index < -0.39 is 0 Å². The molecule has 2 aromatic rings. The Balaban J connectivity index is 1.45. The molecule has 1 aliphatic carbocycles. The van der Waals surface area contributed by atoms with E-state index in [-0.39, 0.29) is 17.6 Å². The van der Waals surface area contributed by atoms with Crippen molar-refractivity contribution in [1.29, 1.82) is 0 Å². The molecule has 0 aliphatic heterocycles. The standard InChI is InChI=1S/C19H22N2O3/c22-18(12-14-4-1-2-5-14)20-13-15-7-9-16(10-8-15)21-19(23)17-6-3-11-24-17/h3,6-11,14H,1-2,4-5,12-13H2,(H,20,22)(H,21,23). The highest BCUT2D eigenvalue weighted by Gasteiger charge is 2.18. The van der Waals surface area contributed by atoms with Gasteiger partial charge in [0.1, 0.15) is 0 Å². The van der Waals surface area contributed by atoms with Crippen molar-refractivity contribution >= 4 is 17.5 Å². The van der Waals surface area contributed by atoms with Crippen molar-refractivity contribution in [3.05, 3.63) is 54.0 Å². The first-order chi connectivity index (χ1) is 11.7. The van der Waals surface area contributed by atoms with Crippen molar-refractivity contribution in [2.45, 2.75) is 38.6 Å². The van der Waals surface area contributed by atoms with Gasteiger partial charge < -0.3 is 15.1 Å². The molecule has 1 aromatic carbocycles. The minimum Gasteiger partial charge on any atom is -0.459 e. The van der Waals surface area contributed by atoms with Crippen molar-refractivity contribution in [2.75, 3.05) is 5.32 Å². The van der Waals surface area contributed by atoms with Crippen LogP contribution in [-0.4, -0.2) is 11.8 Å². The van der Waals surface area contributed by atoms with Crippen LogP contribution in [0.15, 0.2) is 47.1 Å². The summed E-state index contributed by atoms with van der Waals surface area (Å²) in [7, 11) is 0. The van der Waals surface area contributed by atoms with Crippen LogP contribution in [0.3, 0.4) is 0 Å². The van der Waals surface area contributed by atoms with Gasteiger partial charge in [0.05, 0.1) is 6.26 Å². The third-order valence-electron chi connectivity index (χ3n) is 4.40. The van der Waals surface area contributed by atoms with Crippen LogP contribution in [0.5, 0.6) is 0 Å². The molecule has 126 valence electrons. The first-order valence-electron chi connectivity index (χ1n) is 8.41. The van der Waals surface area contributed by atoms with Crippen molar-refractivity contribution in [1.82, 2.24) is 5.32 Å². The van der Waals surface area contributed by atoms with E-state index in [1.165, 1.54) is 31.9 Å². The van der Waals surface area contributed by atoms with Gasteiger partial charge in [0.15, 0.2) is 5.76 Å². The molecule has 1 aromatic heterocycles. The summed E-state index contributed by atoms with van der Waals surface area (Å²) < 4.78 is 5.05. The third kappa shape index (κ3) is 4.47. The highest BCUT2D eigenvalue weighted by atomic mass is 16.3. The number of nitrogens with one attached hydrogen (secondary N) is 2. The first kappa shape index (κ1) is 16.3. The summed E-state index contributed by atoms with van der Waals surface area (Å²) in [6.07, 6.45) is 6.96. The van der Waals surface area contributed by atoms with Gasteiger partial charge >= 0.3 is 0 Å². The maximum Gasteiger partial charge on any atom is 0.291 e. The number of hydrogen-bond donors (Lipinski definition) is 2. The van der Waals surface area contributed by atoms with Crippen LogP contribution in [0.4, 0.5) is 5.69 Å². The predicted molar refractivity (Wildman–Crippen MR) is 91.5 cm³/mol. The molecular weight excluding hydrogens is 304 g/mol. The SMILES string of the molecule is O=C(CC1CCCC1)NCc1ccc(NC(=O)c2ccco2)cc1. The minimum atomic E-state index is -0.280. The molecule has 24 heavy (non-hydrogen) atoms. The van der Waals surface area contributed by atoms with E-state index in [0.29, 0.717) is 24.6 Å². The molecule has 5 nitrogen and oxygen atoms in total. The number of benzene rings is 1. The predicted octanol–water partition coefficient (Wildman–Crippen LogP) is 3.73. The Hall–Kier alpha value is -2.56. The lowest BCUT2D eigenvalue weighted by Crippen LogP contribution is -2.24. The summed E-state index contributed by atoms with van der Waals surface area (Å²) in [5.74, 6) is 0.678. The maximum absolute atomic E-state index is 11.9. The second-order valence-electron chi connectivity index (χ2n) is 6.26. The molecule has 1 heterocycles. The molecule has 2 amide bonds. The number of carbonyl (C=O) groups excluding carboxylic acids is 2. The van der Waals surface area contributed by atoms with Crippen LogP contribution in [0.2, 0.25) is 0 Å². The molecule has 1 aliphatic rings. The van der Waals surface area contributed by atoms with Crippen LogP contribution < -0.4 is 10.6 Å². The van der Waals surface area contributed by atoms with Crippen molar-refractivity contribution in [3.8, 4) is 0 Å². The normalized spacial score (nSPS) is 14.5. The van der Waals surface area contributed by atoms with Crippen LogP contribution in [-0.2, 0) is 11.3 Å². The molecule has 0 radical (unpaired) electrons. The summed E-state index contributed by atoms with van der Waals surface area (Å²) in [6.45, 7) is 0.512. The average Bonchev–Trinajstić information content (AvgIpc) is 3.28. The summed E-state index contributed by atoms with van der Waals surface area (Å²) in [4.78, 5) is 23.8. The summed E-state index contributed by atoms with van der Waals surface area (Å²) >= 11 is 0. The van der Waals surface area contributed by atoms with Crippen molar-refractivity contribution in [2.24, 2.45) is 5.92 Å². The number of furan rings is 1. The Kier molecular flexibility index (Phi) is 5.31. The fourth-order valence-corrected chi connectivity index (χ4v) is 3.06. The van der Waals surface area contributed by atoms with Crippen LogP contribution in [0, 0.1) is 5.92 Å². The lowest BCUT2D eigenvalue weighted by atomic mass is 10.0. The molecule has 0 saturated heterocycles. The Morgan fingerprint density at radius 1 is 1.08 bits per heavy atom. The molecule has 0 atom stereocenters. The molecule has 0 bridgehead atoms. The maximum atomic E-state index is 11.9. The van der Waals surface area contributed by atoms with E-state index in [1.807, 2.05) is 24.3 Å². The van der Waals surface area contributed by atoms with Crippen molar-refractivity contribution in [3.63, 3.8) is 0 Å². The Bertz CT molecular complexity index is 671. The molecule has 0 spiro atoms. The quantitative estimate of drug-likeness (QED) is 0.849. The molecule has 5 heteroatoms. The van der Waals surface area contributed by atoms with Gasteiger partial charge in [-0.2, -0.15) is 0 Å². The highest BCUT2D eigenvalue weighted by molar-refractivity contribution is 6.02. The fraction of sp³-hybridized carbons (Fsp3) is 0.368. The first-order valence-corrected chi connectivity index (χ1v) is 8.41. The van der Waals surface area contributed by atoms with Crippen LogP contribution in [0.1, 0.15) is 48.2 Å². The Morgan fingerprint density at radius 2 is 1.83 bits per heavy atom. The van der Waals surface area contributed by atoms with Gasteiger partial charge in [0.25, 0.3) is 5.91 Å². The summed E-state index contributed by atoms with van der Waals surface area (Å²) in [6, 6.07) is 10.7. The van der Waals surface area contributed by atoms with Crippen molar-refractivity contribution < 1.29 is 14.0 Å². The highest BCUT2D eigenvalue weighted by Crippen LogP contribution is 2.27. The lowest BCUT2D eigenvalue weighted by Gasteiger charge is -2.10. The van der Waals surface area contributed by atoms with Gasteiger partial charge in [-0.05, 0) is 48.6 Å². The van der Waals surface area contributed by atoms with Gasteiger partial charge in [0.2, 0.25) is 5.91 Å². The summed E-state index contributed by atoms with van der Waals surface area (Å²) in [5, 5.41) is 5.73. The van der Waals surface area contributed by atoms with E-state index in [1.54, 1.807) is 12.1 Å². The third-order valence-corrected chi connectivity index (χ3v) is 4.40. The van der Waals surface area contributed by atoms with Gasteiger partial charge in [-0.25, -0.2) is 0 Å². The lowest BCUT2D eigenvalue weighted by molar-refractivity contribution is -0.122. The number of hydrogen-bond acceptors (Lipinski definition) is 3. The zero-order valence-electron chi connectivity index (χ0n) is 13.6. The molecule has 2 N–H and O–H groups in total. The monoisotopic (exact) mass is 326 g/mol. The van der Waals surface area contributed by atoms with Gasteiger partial charge in [0, 0.05) is 18.7 Å². The second kappa shape index (κ2) is 7.81. The molecule has 1 fully saturated rings. The number of rotatable bonds is 6. The van der Waals surface area contributed by atoms with Gasteiger partial charge in [-0.3, -0.25) is 9.59 Å². The Morgan fingerprint density at radius 3 is 2.50 bits per heavy atom. The minimum absolute atomic E-state index is 0.122.